The molecule has 0 aliphatic heterocycles. The fraction of sp³-hybridized carbons (Fsp3) is 0.227. The van der Waals surface area contributed by atoms with Crippen LogP contribution >= 0.6 is 23.2 Å². The molecule has 0 spiro atoms. The van der Waals surface area contributed by atoms with Crippen molar-refractivity contribution in [2.24, 2.45) is 5.92 Å². The van der Waals surface area contributed by atoms with Gasteiger partial charge in [-0.1, -0.05) is 0 Å². The van der Waals surface area contributed by atoms with Crippen LogP contribution < -0.4 is 24.8 Å². The van der Waals surface area contributed by atoms with Gasteiger partial charge >= 0.3 is 296 Å². The number of fused-ring (bicyclic) bond motifs is 5. The van der Waals surface area contributed by atoms with Crippen LogP contribution in [0.5, 0.6) is 0 Å². The van der Waals surface area contributed by atoms with E-state index in [1.54, 1.807) is 3.28 Å². The first kappa shape index (κ1) is 36.4. The van der Waals surface area contributed by atoms with Crippen molar-refractivity contribution >= 4 is 42.8 Å². The van der Waals surface area contributed by atoms with Crippen molar-refractivity contribution in [1.29, 1.82) is 0 Å². The Morgan fingerprint density at radius 1 is 0.653 bits per heavy atom. The molecule has 4 aliphatic carbocycles. The van der Waals surface area contributed by atoms with E-state index in [1.807, 2.05) is 24.3 Å². The Balaban J connectivity index is 0.00000208. The number of rotatable bonds is 4. The van der Waals surface area contributed by atoms with Gasteiger partial charge in [0.05, 0.1) is 0 Å². The van der Waals surface area contributed by atoms with Crippen molar-refractivity contribution in [3.63, 3.8) is 0 Å². The Morgan fingerprint density at radius 2 is 1.08 bits per heavy atom. The van der Waals surface area contributed by atoms with Crippen LogP contribution in [0.2, 0.25) is 10.0 Å². The van der Waals surface area contributed by atoms with Gasteiger partial charge in [0, 0.05) is 0 Å². The zero-order valence-electron chi connectivity index (χ0n) is 28.7. The smallest absolute Gasteiger partial charge is 1.00 e. The van der Waals surface area contributed by atoms with Gasteiger partial charge in [0.2, 0.25) is 0 Å². The molecule has 0 nitrogen and oxygen atoms in total. The summed E-state index contributed by atoms with van der Waals surface area (Å²) in [6.45, 7) is 14.1. The molecule has 0 saturated carbocycles. The molecular weight excluding hydrogens is 762 g/mol. The predicted octanol–water partition coefficient (Wildman–Crippen LogP) is 6.01. The average molecular weight is 802 g/mol. The summed E-state index contributed by atoms with van der Waals surface area (Å²) in [6, 6.07) is 27.2. The first-order chi connectivity index (χ1) is 22.3. The molecule has 248 valence electrons. The summed E-state index contributed by atoms with van der Waals surface area (Å²) in [5.41, 5.74) is 15.2. The molecule has 8 rings (SSSR count). The van der Waals surface area contributed by atoms with E-state index in [0.29, 0.717) is 5.92 Å². The first-order valence-electron chi connectivity index (χ1n) is 16.7. The Kier molecular flexibility index (Phi) is 9.65. The van der Waals surface area contributed by atoms with E-state index in [-0.39, 0.29) is 39.3 Å². The van der Waals surface area contributed by atoms with Crippen LogP contribution in [-0.2, 0) is 30.1 Å². The minimum atomic E-state index is -3.94. The fourth-order valence-corrected chi connectivity index (χ4v) is 22.3. The third-order valence-corrected chi connectivity index (χ3v) is 23.3. The van der Waals surface area contributed by atoms with E-state index in [1.165, 1.54) is 61.2 Å². The molecule has 4 aliphatic rings. The van der Waals surface area contributed by atoms with E-state index < -0.39 is 19.3 Å². The van der Waals surface area contributed by atoms with E-state index in [9.17, 15) is 0 Å². The molecule has 0 aromatic heterocycles. The maximum absolute atomic E-state index is 6.47. The van der Waals surface area contributed by atoms with Crippen molar-refractivity contribution in [3.8, 4) is 11.1 Å². The molecule has 4 aromatic carbocycles. The van der Waals surface area contributed by atoms with Gasteiger partial charge in [0.15, 0.2) is 0 Å². The second-order valence-corrected chi connectivity index (χ2v) is 24.9. The summed E-state index contributed by atoms with van der Waals surface area (Å²) < 4.78 is 7.31. The van der Waals surface area contributed by atoms with Crippen molar-refractivity contribution in [3.05, 3.63) is 161 Å². The topological polar surface area (TPSA) is 0 Å². The Bertz CT molecular complexity index is 2110. The normalized spacial score (nSPS) is 18.2. The maximum Gasteiger partial charge on any atom is -1.00 e. The minimum absolute atomic E-state index is 0. The van der Waals surface area contributed by atoms with Gasteiger partial charge in [-0.05, 0) is 0 Å². The van der Waals surface area contributed by atoms with Crippen LogP contribution in [0.3, 0.4) is 0 Å². The van der Waals surface area contributed by atoms with Crippen LogP contribution in [0.25, 0.3) is 23.3 Å². The van der Waals surface area contributed by atoms with Gasteiger partial charge in [-0.2, -0.15) is 0 Å². The molecule has 0 radical (unpaired) electrons. The van der Waals surface area contributed by atoms with E-state index in [0.717, 1.165) is 10.0 Å². The summed E-state index contributed by atoms with van der Waals surface area (Å²) in [7, 11) is 0. The first-order valence-corrected chi connectivity index (χ1v) is 23.0. The number of benzene rings is 4. The van der Waals surface area contributed by atoms with Crippen LogP contribution in [0.15, 0.2) is 106 Å². The van der Waals surface area contributed by atoms with Gasteiger partial charge in [-0.25, -0.2) is 0 Å². The quantitative estimate of drug-likeness (QED) is 0.237. The molecule has 0 saturated heterocycles. The monoisotopic (exact) mass is 798 g/mol. The SMILES string of the molecule is CC1=CC(C)[C]([Zr+2](=[CH]c2ccc(Cl)cc2)(=[CH]c2ccc(Cl)cc2)[CH]2c3cc4c(cc3-c3cc5c(cc32)C(C)(C)C=C5)C=CC4(C)C)=C1.[Cl-].[Cl-]. The third kappa shape index (κ3) is 6.07. The number of allylic oxidation sites excluding steroid dienone is 6. The molecule has 0 bridgehead atoms. The van der Waals surface area contributed by atoms with Crippen molar-refractivity contribution < 1.29 is 44.1 Å². The van der Waals surface area contributed by atoms with Gasteiger partial charge in [-0.15, -0.1) is 0 Å². The molecule has 1 atom stereocenters. The molecule has 0 fully saturated rings. The number of hydrogen-bond acceptors (Lipinski definition) is 0. The van der Waals surface area contributed by atoms with Crippen molar-refractivity contribution in [2.75, 3.05) is 0 Å². The molecule has 0 N–H and O–H groups in total. The van der Waals surface area contributed by atoms with E-state index in [4.69, 9.17) is 23.2 Å². The summed E-state index contributed by atoms with van der Waals surface area (Å²) in [5, 5.41) is 1.53. The molecule has 4 aromatic rings. The van der Waals surface area contributed by atoms with Gasteiger partial charge in [0.1, 0.15) is 0 Å². The minimum Gasteiger partial charge on any atom is -1.00 e. The average Bonchev–Trinajstić information content (AvgIpc) is 3.73. The molecule has 49 heavy (non-hydrogen) atoms. The molecule has 0 amide bonds. The van der Waals surface area contributed by atoms with Gasteiger partial charge in [-0.3, -0.25) is 0 Å². The Hall–Kier alpha value is -2.38. The molecule has 1 unspecified atom stereocenters. The second-order valence-electron chi connectivity index (χ2n) is 15.2. The van der Waals surface area contributed by atoms with Gasteiger partial charge in [0.25, 0.3) is 0 Å². The van der Waals surface area contributed by atoms with Crippen LogP contribution in [0.1, 0.15) is 89.7 Å². The Morgan fingerprint density at radius 3 is 1.47 bits per heavy atom. The molecule has 5 heteroatoms. The largest absolute Gasteiger partial charge is 1.00 e. The molecular formula is C44H40Cl4Zr. The number of hydrogen-bond donors (Lipinski definition) is 0. The summed E-state index contributed by atoms with van der Waals surface area (Å²) >= 11 is 9.00. The van der Waals surface area contributed by atoms with E-state index in [2.05, 4.69) is 134 Å². The predicted molar refractivity (Wildman–Crippen MR) is 202 cm³/mol. The Labute approximate surface area is 317 Å². The zero-order chi connectivity index (χ0) is 32.9. The van der Waals surface area contributed by atoms with Crippen LogP contribution in [0.4, 0.5) is 0 Å². The van der Waals surface area contributed by atoms with Crippen LogP contribution in [-0.4, -0.2) is 7.42 Å². The summed E-state index contributed by atoms with van der Waals surface area (Å²) in [4.78, 5) is 0. The standard InChI is InChI=1S/C23H21.2C7H5Cl.C7H9.2ClH.Zr/c1-22(2)7-5-14-10-18-16(12-20(14)22)9-17-13-21-15(11-19(17)18)6-8-23(21,3)4;2*1-6-2-4-7(8)5-3-6;1-6-3-4-7(2)5-6;;;/h5-13H,1-4H3;2*1-5H;3,5,7H,1-2H3;2*1H;/q;;;;;;+2/p-2. The fourth-order valence-electron chi connectivity index (χ4n) is 8.70. The van der Waals surface area contributed by atoms with Gasteiger partial charge < -0.3 is 24.8 Å². The maximum atomic E-state index is 6.47. The second kappa shape index (κ2) is 13.0. The number of halogens is 4. The van der Waals surface area contributed by atoms with E-state index >= 15 is 0 Å². The summed E-state index contributed by atoms with van der Waals surface area (Å²) in [5.74, 6) is 0.352. The summed E-state index contributed by atoms with van der Waals surface area (Å²) in [6.07, 6.45) is 14.4. The zero-order valence-corrected chi connectivity index (χ0v) is 34.2. The van der Waals surface area contributed by atoms with Crippen LogP contribution in [0, 0.1) is 5.92 Å². The van der Waals surface area contributed by atoms with Crippen molar-refractivity contribution in [1.82, 2.24) is 0 Å². The third-order valence-electron chi connectivity index (χ3n) is 11.0. The molecule has 0 heterocycles. The van der Waals surface area contributed by atoms with Crippen molar-refractivity contribution in [2.45, 2.75) is 56.0 Å².